The molecule has 0 aromatic heterocycles. The molecule has 5 nitrogen and oxygen atoms in total. The number of ether oxygens (including phenoxy) is 1. The Balaban J connectivity index is 0. The van der Waals surface area contributed by atoms with Gasteiger partial charge in [0.1, 0.15) is 0 Å². The predicted molar refractivity (Wildman–Crippen MR) is 165 cm³/mol. The van der Waals surface area contributed by atoms with Crippen LogP contribution in [-0.2, 0) is 9.53 Å². The average molecular weight is 541 g/mol. The Morgan fingerprint density at radius 1 is 0.421 bits per heavy atom. The summed E-state index contributed by atoms with van der Waals surface area (Å²) < 4.78 is 5.42. The van der Waals surface area contributed by atoms with Gasteiger partial charge in [0, 0.05) is 6.42 Å². The first-order valence-electron chi connectivity index (χ1n) is 16.7. The number of unbranched alkanes of at least 4 members (excludes halogenated alkanes) is 25. The molecule has 228 valence electrons. The zero-order chi connectivity index (χ0) is 28.4. The lowest BCUT2D eigenvalue weighted by atomic mass is 10.0. The molecule has 0 fully saturated rings. The smallest absolute Gasteiger partial charge is 0.309 e. The molecular weight excluding hydrogens is 472 g/mol. The Kier molecular flexibility index (Phi) is 36.6. The Hall–Kier alpha value is -1.26. The van der Waals surface area contributed by atoms with E-state index in [9.17, 15) is 4.79 Å². The number of carbonyl (C=O) groups excluding carboxylic acids is 2. The highest BCUT2D eigenvalue weighted by Gasteiger charge is 2.02. The maximum absolute atomic E-state index is 11.9. The van der Waals surface area contributed by atoms with Gasteiger partial charge in [-0.05, 0) is 12.8 Å². The number of primary amides is 2. The first kappa shape index (κ1) is 38.9. The monoisotopic (exact) mass is 541 g/mol. The Morgan fingerprint density at radius 2 is 0.658 bits per heavy atom. The lowest BCUT2D eigenvalue weighted by Crippen LogP contribution is -2.18. The van der Waals surface area contributed by atoms with Gasteiger partial charge in [-0.3, -0.25) is 4.79 Å². The molecule has 0 rings (SSSR count). The maximum atomic E-state index is 11.9. The number of carbonyl (C=O) groups is 2. The molecule has 0 aromatic carbocycles. The normalized spacial score (nSPS) is 10.7. The van der Waals surface area contributed by atoms with Crippen molar-refractivity contribution in [2.24, 2.45) is 11.5 Å². The van der Waals surface area contributed by atoms with Crippen LogP contribution < -0.4 is 11.5 Å². The van der Waals surface area contributed by atoms with E-state index in [1.54, 1.807) is 0 Å². The average Bonchev–Trinajstić information content (AvgIpc) is 2.88. The van der Waals surface area contributed by atoms with Crippen molar-refractivity contribution in [3.05, 3.63) is 0 Å². The van der Waals surface area contributed by atoms with E-state index in [0.717, 1.165) is 12.8 Å². The van der Waals surface area contributed by atoms with Gasteiger partial charge < -0.3 is 16.2 Å². The fourth-order valence-electron chi connectivity index (χ4n) is 4.84. The van der Waals surface area contributed by atoms with E-state index >= 15 is 0 Å². The molecule has 0 unspecified atom stereocenters. The van der Waals surface area contributed by atoms with E-state index in [1.807, 2.05) is 0 Å². The lowest BCUT2D eigenvalue weighted by molar-refractivity contribution is -0.143. The third-order valence-corrected chi connectivity index (χ3v) is 7.25. The van der Waals surface area contributed by atoms with Crippen LogP contribution in [0.15, 0.2) is 0 Å². The van der Waals surface area contributed by atoms with Gasteiger partial charge in [0.2, 0.25) is 0 Å². The summed E-state index contributed by atoms with van der Waals surface area (Å²) in [5, 5.41) is 0. The molecule has 5 heteroatoms. The van der Waals surface area contributed by atoms with Crippen molar-refractivity contribution in [1.82, 2.24) is 0 Å². The predicted octanol–water partition coefficient (Wildman–Crippen LogP) is 10.5. The zero-order valence-electron chi connectivity index (χ0n) is 25.9. The summed E-state index contributed by atoms with van der Waals surface area (Å²) in [5.41, 5.74) is 8.50. The van der Waals surface area contributed by atoms with E-state index in [1.165, 1.54) is 161 Å². The Morgan fingerprint density at radius 3 is 0.947 bits per heavy atom. The van der Waals surface area contributed by atoms with Crippen LogP contribution in [0.25, 0.3) is 0 Å². The molecule has 0 atom stereocenters. The molecular formula is C33H68N2O3. The second-order valence-electron chi connectivity index (χ2n) is 11.2. The standard InChI is InChI=1S/C32H64O2.CH4N2O/c1-3-5-7-9-11-13-15-17-19-21-23-25-27-29-31-34-32(33)30-28-26-24-22-20-18-16-14-12-10-8-6-4-2;2-1(3)4/h3-31H2,1-2H3;(H4,2,3,4). The van der Waals surface area contributed by atoms with E-state index in [-0.39, 0.29) is 5.97 Å². The number of urea groups is 1. The summed E-state index contributed by atoms with van der Waals surface area (Å²) in [4.78, 5) is 20.9. The topological polar surface area (TPSA) is 95.4 Å². The molecule has 0 spiro atoms. The van der Waals surface area contributed by atoms with Crippen molar-refractivity contribution in [3.63, 3.8) is 0 Å². The molecule has 0 aliphatic carbocycles. The van der Waals surface area contributed by atoms with Crippen LogP contribution in [0.4, 0.5) is 4.79 Å². The third kappa shape index (κ3) is 41.9. The summed E-state index contributed by atoms with van der Waals surface area (Å²) in [7, 11) is 0. The van der Waals surface area contributed by atoms with Gasteiger partial charge in [0.25, 0.3) is 0 Å². The number of amides is 2. The van der Waals surface area contributed by atoms with Gasteiger partial charge in [0.15, 0.2) is 0 Å². The minimum absolute atomic E-state index is 0.0257. The largest absolute Gasteiger partial charge is 0.466 e. The molecule has 0 bridgehead atoms. The molecule has 2 amide bonds. The Bertz CT molecular complexity index is 467. The summed E-state index contributed by atoms with van der Waals surface area (Å²) in [6.45, 7) is 5.20. The van der Waals surface area contributed by atoms with E-state index < -0.39 is 6.03 Å². The highest BCUT2D eigenvalue weighted by atomic mass is 16.5. The fourth-order valence-corrected chi connectivity index (χ4v) is 4.84. The molecule has 0 aliphatic rings. The van der Waals surface area contributed by atoms with Crippen LogP contribution in [0, 0.1) is 0 Å². The van der Waals surface area contributed by atoms with Crippen LogP contribution in [0.1, 0.15) is 194 Å². The molecule has 0 saturated heterocycles. The second-order valence-corrected chi connectivity index (χ2v) is 11.2. The van der Waals surface area contributed by atoms with Gasteiger partial charge in [0.05, 0.1) is 6.61 Å². The van der Waals surface area contributed by atoms with Crippen molar-refractivity contribution >= 4 is 12.0 Å². The summed E-state index contributed by atoms with van der Waals surface area (Å²) in [5.74, 6) is 0.0257. The molecule has 0 aromatic rings. The first-order chi connectivity index (χ1) is 18.5. The van der Waals surface area contributed by atoms with Crippen molar-refractivity contribution in [3.8, 4) is 0 Å². The fraction of sp³-hybridized carbons (Fsp3) is 0.939. The molecule has 0 heterocycles. The van der Waals surface area contributed by atoms with Gasteiger partial charge in [-0.25, -0.2) is 4.79 Å². The number of hydrogen-bond donors (Lipinski definition) is 2. The summed E-state index contributed by atoms with van der Waals surface area (Å²) >= 11 is 0. The van der Waals surface area contributed by atoms with Crippen LogP contribution in [0.2, 0.25) is 0 Å². The summed E-state index contributed by atoms with van der Waals surface area (Å²) in [6, 6.07) is -0.833. The van der Waals surface area contributed by atoms with Crippen LogP contribution >= 0.6 is 0 Å². The Labute approximate surface area is 238 Å². The molecule has 38 heavy (non-hydrogen) atoms. The number of nitrogens with two attached hydrogens (primary N) is 2. The van der Waals surface area contributed by atoms with E-state index in [0.29, 0.717) is 13.0 Å². The minimum atomic E-state index is -0.833. The number of rotatable bonds is 29. The van der Waals surface area contributed by atoms with Gasteiger partial charge in [-0.2, -0.15) is 0 Å². The first-order valence-corrected chi connectivity index (χ1v) is 16.7. The van der Waals surface area contributed by atoms with Crippen molar-refractivity contribution in [2.75, 3.05) is 6.61 Å². The van der Waals surface area contributed by atoms with Crippen LogP contribution in [0.3, 0.4) is 0 Å². The minimum Gasteiger partial charge on any atom is -0.466 e. The molecule has 0 aliphatic heterocycles. The quantitative estimate of drug-likeness (QED) is 0.0729. The van der Waals surface area contributed by atoms with Crippen LogP contribution in [-0.4, -0.2) is 18.6 Å². The number of esters is 1. The molecule has 4 N–H and O–H groups in total. The molecule has 0 radical (unpaired) electrons. The van der Waals surface area contributed by atoms with Crippen molar-refractivity contribution in [2.45, 2.75) is 194 Å². The van der Waals surface area contributed by atoms with Gasteiger partial charge in [-0.1, -0.05) is 174 Å². The highest BCUT2D eigenvalue weighted by molar-refractivity contribution is 5.69. The lowest BCUT2D eigenvalue weighted by Gasteiger charge is -2.06. The van der Waals surface area contributed by atoms with E-state index in [2.05, 4.69) is 25.3 Å². The van der Waals surface area contributed by atoms with E-state index in [4.69, 9.17) is 9.53 Å². The van der Waals surface area contributed by atoms with Crippen molar-refractivity contribution < 1.29 is 14.3 Å². The summed E-state index contributed by atoms with van der Waals surface area (Å²) in [6.07, 6.45) is 37.2. The SMILES string of the molecule is CCCCCCCCCCCCCCCCOC(=O)CCCCCCCCCCCCCCC.NC(N)=O. The third-order valence-electron chi connectivity index (χ3n) is 7.25. The zero-order valence-corrected chi connectivity index (χ0v) is 25.9. The van der Waals surface area contributed by atoms with Crippen LogP contribution in [0.5, 0.6) is 0 Å². The van der Waals surface area contributed by atoms with Crippen molar-refractivity contribution in [1.29, 1.82) is 0 Å². The van der Waals surface area contributed by atoms with Gasteiger partial charge in [-0.15, -0.1) is 0 Å². The highest BCUT2D eigenvalue weighted by Crippen LogP contribution is 2.14. The van der Waals surface area contributed by atoms with Gasteiger partial charge >= 0.3 is 12.0 Å². The number of hydrogen-bond acceptors (Lipinski definition) is 3. The maximum Gasteiger partial charge on any atom is 0.309 e. The molecule has 0 saturated carbocycles. The second kappa shape index (κ2) is 35.7.